The molecule has 0 aliphatic rings. The Hall–Kier alpha value is -2.06. The molecular weight excluding hydrogens is 330 g/mol. The molecule has 0 spiro atoms. The number of amides is 2. The Kier molecular flexibility index (Phi) is 8.88. The number of carboxylic acid groups (broad SMARTS) is 1. The average Bonchev–Trinajstić information content (AvgIpc) is 2.57. The van der Waals surface area contributed by atoms with Crippen LogP contribution in [-0.4, -0.2) is 53.5 Å². The van der Waals surface area contributed by atoms with Gasteiger partial charge in [0.25, 0.3) is 0 Å². The smallest absolute Gasteiger partial charge is 0.322 e. The molecule has 1 aromatic rings. The molecular formula is C16H23N3O4S. The maximum Gasteiger partial charge on any atom is 0.322 e. The number of hydrogen-bond donors (Lipinski definition) is 4. The number of hydrogen-bond acceptors (Lipinski definition) is 5. The number of benzene rings is 1. The van der Waals surface area contributed by atoms with Gasteiger partial charge >= 0.3 is 5.97 Å². The molecule has 0 aliphatic carbocycles. The molecule has 0 heterocycles. The number of thioether (sulfide) groups is 1. The maximum atomic E-state index is 12.2. The van der Waals surface area contributed by atoms with E-state index in [0.29, 0.717) is 18.6 Å². The number of nitrogens with two attached hydrogens (primary N) is 1. The molecule has 1 aromatic carbocycles. The molecule has 0 fully saturated rings. The Morgan fingerprint density at radius 1 is 1.21 bits per heavy atom. The minimum Gasteiger partial charge on any atom is -0.480 e. The fraction of sp³-hybridized carbons (Fsp3) is 0.438. The first-order chi connectivity index (χ1) is 11.4. The average molecular weight is 353 g/mol. The minimum absolute atomic E-state index is 0.360. The summed E-state index contributed by atoms with van der Waals surface area (Å²) in [6, 6.07) is 7.76. The van der Waals surface area contributed by atoms with E-state index in [1.165, 1.54) is 11.8 Å². The molecule has 0 bridgehead atoms. The van der Waals surface area contributed by atoms with Crippen LogP contribution < -0.4 is 16.4 Å². The van der Waals surface area contributed by atoms with Crippen LogP contribution in [-0.2, 0) is 20.8 Å². The predicted octanol–water partition coefficient (Wildman–Crippen LogP) is -0.00490. The molecule has 0 radical (unpaired) electrons. The number of carbonyl (C=O) groups excluding carboxylic acids is 2. The second kappa shape index (κ2) is 10.7. The van der Waals surface area contributed by atoms with Gasteiger partial charge in [-0.15, -0.1) is 0 Å². The highest BCUT2D eigenvalue weighted by Crippen LogP contribution is 2.04. The van der Waals surface area contributed by atoms with Crippen LogP contribution >= 0.6 is 11.8 Å². The quantitative estimate of drug-likeness (QED) is 0.470. The zero-order chi connectivity index (χ0) is 17.9. The van der Waals surface area contributed by atoms with Crippen LogP contribution in [0, 0.1) is 0 Å². The van der Waals surface area contributed by atoms with E-state index in [-0.39, 0.29) is 0 Å². The summed E-state index contributed by atoms with van der Waals surface area (Å²) < 4.78 is 0. The van der Waals surface area contributed by atoms with E-state index >= 15 is 0 Å². The van der Waals surface area contributed by atoms with Gasteiger partial charge < -0.3 is 21.5 Å². The summed E-state index contributed by atoms with van der Waals surface area (Å²) in [5.41, 5.74) is 6.83. The van der Waals surface area contributed by atoms with Gasteiger partial charge in [0.15, 0.2) is 0 Å². The molecule has 1 rings (SSSR count). The monoisotopic (exact) mass is 353 g/mol. The topological polar surface area (TPSA) is 122 Å². The molecule has 0 saturated heterocycles. The highest BCUT2D eigenvalue weighted by atomic mass is 32.2. The van der Waals surface area contributed by atoms with E-state index in [4.69, 9.17) is 10.8 Å². The van der Waals surface area contributed by atoms with Gasteiger partial charge in [-0.25, -0.2) is 0 Å². The third-order valence-corrected chi connectivity index (χ3v) is 3.94. The summed E-state index contributed by atoms with van der Waals surface area (Å²) in [6.07, 6.45) is 2.64. The van der Waals surface area contributed by atoms with Crippen LogP contribution in [0.3, 0.4) is 0 Å². The predicted molar refractivity (Wildman–Crippen MR) is 93.7 cm³/mol. The van der Waals surface area contributed by atoms with E-state index in [9.17, 15) is 14.4 Å². The molecule has 0 aromatic heterocycles. The van der Waals surface area contributed by atoms with Crippen molar-refractivity contribution in [2.45, 2.75) is 24.9 Å². The summed E-state index contributed by atoms with van der Waals surface area (Å²) in [4.78, 5) is 34.8. The molecule has 24 heavy (non-hydrogen) atoms. The van der Waals surface area contributed by atoms with Gasteiger partial charge in [0.1, 0.15) is 12.6 Å². The van der Waals surface area contributed by atoms with Gasteiger partial charge in [0.2, 0.25) is 11.8 Å². The van der Waals surface area contributed by atoms with Gasteiger partial charge in [-0.2, -0.15) is 11.8 Å². The van der Waals surface area contributed by atoms with Gasteiger partial charge in [0.05, 0.1) is 6.04 Å². The zero-order valence-electron chi connectivity index (χ0n) is 13.5. The van der Waals surface area contributed by atoms with Crippen molar-refractivity contribution in [3.8, 4) is 0 Å². The van der Waals surface area contributed by atoms with Crippen molar-refractivity contribution in [2.75, 3.05) is 18.6 Å². The number of aliphatic carboxylic acids is 1. The summed E-state index contributed by atoms with van der Waals surface area (Å²) in [5, 5.41) is 13.5. The number of carbonyl (C=O) groups is 3. The standard InChI is InChI=1S/C16H23N3O4S/c1-24-8-7-13(16(23)18-10-14(20)21)19-15(22)12(17)9-11-5-3-2-4-6-11/h2-6,12-13H,7-10,17H2,1H3,(H,18,23)(H,19,22)(H,20,21)/t12-,13-/m0/s1. The van der Waals surface area contributed by atoms with Crippen molar-refractivity contribution >= 4 is 29.5 Å². The lowest BCUT2D eigenvalue weighted by molar-refractivity contribution is -0.138. The lowest BCUT2D eigenvalue weighted by atomic mass is 10.1. The molecule has 7 nitrogen and oxygen atoms in total. The van der Waals surface area contributed by atoms with Crippen molar-refractivity contribution in [1.82, 2.24) is 10.6 Å². The van der Waals surface area contributed by atoms with Gasteiger partial charge in [-0.3, -0.25) is 14.4 Å². The molecule has 2 atom stereocenters. The third-order valence-electron chi connectivity index (χ3n) is 3.29. The van der Waals surface area contributed by atoms with Crippen molar-refractivity contribution in [2.24, 2.45) is 5.73 Å². The van der Waals surface area contributed by atoms with Gasteiger partial charge in [-0.1, -0.05) is 30.3 Å². The first-order valence-corrected chi connectivity index (χ1v) is 8.91. The van der Waals surface area contributed by atoms with Crippen LogP contribution in [0.25, 0.3) is 0 Å². The SMILES string of the molecule is CSCC[C@H](NC(=O)[C@@H](N)Cc1ccccc1)C(=O)NCC(=O)O. The second-order valence-corrected chi connectivity index (χ2v) is 6.24. The van der Waals surface area contributed by atoms with E-state index in [2.05, 4.69) is 10.6 Å². The molecule has 0 saturated carbocycles. The molecule has 5 N–H and O–H groups in total. The Morgan fingerprint density at radius 3 is 2.46 bits per heavy atom. The minimum atomic E-state index is -1.14. The lowest BCUT2D eigenvalue weighted by Gasteiger charge is -2.20. The Labute approximate surface area is 145 Å². The normalized spacial score (nSPS) is 12.9. The summed E-state index contributed by atoms with van der Waals surface area (Å²) >= 11 is 1.53. The molecule has 8 heteroatoms. The lowest BCUT2D eigenvalue weighted by Crippen LogP contribution is -2.52. The fourth-order valence-electron chi connectivity index (χ4n) is 2.03. The molecule has 0 aliphatic heterocycles. The Bertz CT molecular complexity index is 554. The van der Waals surface area contributed by atoms with Crippen LogP contribution in [0.4, 0.5) is 0 Å². The number of rotatable bonds is 10. The highest BCUT2D eigenvalue weighted by molar-refractivity contribution is 7.98. The third kappa shape index (κ3) is 7.47. The summed E-state index contributed by atoms with van der Waals surface area (Å²) in [7, 11) is 0. The van der Waals surface area contributed by atoms with E-state index < -0.39 is 36.4 Å². The van der Waals surface area contributed by atoms with Crippen molar-refractivity contribution in [3.63, 3.8) is 0 Å². The van der Waals surface area contributed by atoms with Crippen LogP contribution in [0.15, 0.2) is 30.3 Å². The van der Waals surface area contributed by atoms with E-state index in [0.717, 1.165) is 5.56 Å². The first kappa shape index (κ1) is 20.0. The Balaban J connectivity index is 2.61. The van der Waals surface area contributed by atoms with Crippen molar-refractivity contribution in [3.05, 3.63) is 35.9 Å². The summed E-state index contributed by atoms with van der Waals surface area (Å²) in [6.45, 7) is -0.486. The van der Waals surface area contributed by atoms with Gasteiger partial charge in [-0.05, 0) is 30.4 Å². The highest BCUT2D eigenvalue weighted by Gasteiger charge is 2.23. The van der Waals surface area contributed by atoms with E-state index in [1.807, 2.05) is 36.6 Å². The summed E-state index contributed by atoms with van der Waals surface area (Å²) in [5.74, 6) is -1.44. The number of nitrogens with one attached hydrogen (secondary N) is 2. The molecule has 2 amide bonds. The van der Waals surface area contributed by atoms with E-state index in [1.54, 1.807) is 0 Å². The molecule has 132 valence electrons. The van der Waals surface area contributed by atoms with Crippen molar-refractivity contribution < 1.29 is 19.5 Å². The van der Waals surface area contributed by atoms with Crippen molar-refractivity contribution in [1.29, 1.82) is 0 Å². The fourth-order valence-corrected chi connectivity index (χ4v) is 2.50. The van der Waals surface area contributed by atoms with Crippen LogP contribution in [0.2, 0.25) is 0 Å². The van der Waals surface area contributed by atoms with Gasteiger partial charge in [0, 0.05) is 0 Å². The largest absolute Gasteiger partial charge is 0.480 e. The maximum absolute atomic E-state index is 12.2. The zero-order valence-corrected chi connectivity index (χ0v) is 14.3. The second-order valence-electron chi connectivity index (χ2n) is 5.25. The van der Waals surface area contributed by atoms with Crippen LogP contribution in [0.1, 0.15) is 12.0 Å². The Morgan fingerprint density at radius 2 is 1.88 bits per heavy atom. The first-order valence-electron chi connectivity index (χ1n) is 7.52. The number of carboxylic acids is 1. The molecule has 0 unspecified atom stereocenters. The van der Waals surface area contributed by atoms with Crippen LogP contribution in [0.5, 0.6) is 0 Å².